The van der Waals surface area contributed by atoms with Gasteiger partial charge in [-0.2, -0.15) is 9.36 Å². The predicted octanol–water partition coefficient (Wildman–Crippen LogP) is 1.19. The molecule has 0 aliphatic rings. The minimum absolute atomic E-state index is 0.164. The number of tetrazole rings is 1. The lowest BCUT2D eigenvalue weighted by atomic mass is 10.1. The van der Waals surface area contributed by atoms with Gasteiger partial charge in [-0.1, -0.05) is 30.3 Å². The molecule has 3 aromatic rings. The van der Waals surface area contributed by atoms with Gasteiger partial charge in [0.15, 0.2) is 0 Å². The SMILES string of the molecule is Cc1ccc(CNC(=O)Cn2nnn(-c3ccccc3)c2=O)cc1F. The Hall–Kier alpha value is -3.29. The van der Waals surface area contributed by atoms with E-state index in [9.17, 15) is 14.0 Å². The van der Waals surface area contributed by atoms with Gasteiger partial charge < -0.3 is 5.32 Å². The van der Waals surface area contributed by atoms with Crippen molar-refractivity contribution >= 4 is 5.91 Å². The number of carbonyl (C=O) groups excluding carboxylic acids is 1. The van der Waals surface area contributed by atoms with Gasteiger partial charge in [0.1, 0.15) is 12.4 Å². The highest BCUT2D eigenvalue weighted by Crippen LogP contribution is 2.08. The van der Waals surface area contributed by atoms with E-state index in [2.05, 4.69) is 15.7 Å². The third-order valence-corrected chi connectivity index (χ3v) is 3.66. The number of aryl methyl sites for hydroxylation is 1. The molecule has 2 aromatic carbocycles. The van der Waals surface area contributed by atoms with Crippen LogP contribution < -0.4 is 11.0 Å². The summed E-state index contributed by atoms with van der Waals surface area (Å²) >= 11 is 0. The van der Waals surface area contributed by atoms with Gasteiger partial charge in [0.05, 0.1) is 5.69 Å². The van der Waals surface area contributed by atoms with Gasteiger partial charge in [0.25, 0.3) is 0 Å². The van der Waals surface area contributed by atoms with E-state index in [0.717, 1.165) is 9.36 Å². The summed E-state index contributed by atoms with van der Waals surface area (Å²) in [6.07, 6.45) is 0. The molecule has 0 aliphatic carbocycles. The van der Waals surface area contributed by atoms with Crippen molar-refractivity contribution in [2.24, 2.45) is 0 Å². The molecule has 0 saturated heterocycles. The van der Waals surface area contributed by atoms with Crippen LogP contribution in [-0.2, 0) is 17.9 Å². The summed E-state index contributed by atoms with van der Waals surface area (Å²) in [7, 11) is 0. The Morgan fingerprint density at radius 2 is 1.92 bits per heavy atom. The van der Waals surface area contributed by atoms with Crippen molar-refractivity contribution in [3.05, 3.63) is 76.0 Å². The van der Waals surface area contributed by atoms with Crippen molar-refractivity contribution in [2.45, 2.75) is 20.0 Å². The number of benzene rings is 2. The molecule has 1 N–H and O–H groups in total. The second-order valence-electron chi connectivity index (χ2n) is 5.53. The van der Waals surface area contributed by atoms with E-state index in [1.165, 1.54) is 6.07 Å². The van der Waals surface area contributed by atoms with Crippen molar-refractivity contribution in [1.29, 1.82) is 0 Å². The molecular formula is C17H16FN5O2. The first-order valence-electron chi connectivity index (χ1n) is 7.64. The molecule has 1 aromatic heterocycles. The first kappa shape index (κ1) is 16.6. The lowest BCUT2D eigenvalue weighted by Gasteiger charge is -2.06. The zero-order valence-corrected chi connectivity index (χ0v) is 13.5. The van der Waals surface area contributed by atoms with E-state index in [1.807, 2.05) is 6.07 Å². The molecule has 1 heterocycles. The molecule has 0 aliphatic heterocycles. The van der Waals surface area contributed by atoms with Crippen molar-refractivity contribution in [2.75, 3.05) is 0 Å². The van der Waals surface area contributed by atoms with Crippen LogP contribution >= 0.6 is 0 Å². The largest absolute Gasteiger partial charge is 0.368 e. The smallest absolute Gasteiger partial charge is 0.350 e. The van der Waals surface area contributed by atoms with Crippen LogP contribution in [0, 0.1) is 12.7 Å². The van der Waals surface area contributed by atoms with E-state index in [0.29, 0.717) is 16.8 Å². The standard InChI is InChI=1S/C17H16FN5O2/c1-12-7-8-13(9-15(12)18)10-19-16(24)11-22-17(25)23(21-20-22)14-5-3-2-4-6-14/h2-9H,10-11H2,1H3,(H,19,24). The van der Waals surface area contributed by atoms with Gasteiger partial charge in [-0.05, 0) is 46.7 Å². The Bertz CT molecular complexity index is 949. The fourth-order valence-corrected chi connectivity index (χ4v) is 2.24. The maximum absolute atomic E-state index is 13.5. The fourth-order valence-electron chi connectivity index (χ4n) is 2.24. The molecule has 7 nitrogen and oxygen atoms in total. The van der Waals surface area contributed by atoms with Gasteiger partial charge >= 0.3 is 5.69 Å². The number of para-hydroxylation sites is 1. The highest BCUT2D eigenvalue weighted by molar-refractivity contribution is 5.75. The van der Waals surface area contributed by atoms with Gasteiger partial charge in [-0.15, -0.1) is 0 Å². The highest BCUT2D eigenvalue weighted by atomic mass is 19.1. The molecule has 8 heteroatoms. The maximum atomic E-state index is 13.5. The molecular weight excluding hydrogens is 325 g/mol. The van der Waals surface area contributed by atoms with Crippen LogP contribution in [0.5, 0.6) is 0 Å². The number of rotatable bonds is 5. The second-order valence-corrected chi connectivity index (χ2v) is 5.53. The maximum Gasteiger partial charge on any atom is 0.368 e. The molecule has 128 valence electrons. The molecule has 0 saturated carbocycles. The van der Waals surface area contributed by atoms with Crippen LogP contribution in [0.2, 0.25) is 0 Å². The van der Waals surface area contributed by atoms with E-state index >= 15 is 0 Å². The fraction of sp³-hybridized carbons (Fsp3) is 0.176. The van der Waals surface area contributed by atoms with Gasteiger partial charge in [0, 0.05) is 6.54 Å². The zero-order chi connectivity index (χ0) is 17.8. The molecule has 0 bridgehead atoms. The Morgan fingerprint density at radius 3 is 2.64 bits per heavy atom. The Kier molecular flexibility index (Phi) is 4.69. The number of hydrogen-bond acceptors (Lipinski definition) is 4. The normalized spacial score (nSPS) is 10.6. The minimum atomic E-state index is -0.511. The summed E-state index contributed by atoms with van der Waals surface area (Å²) in [6.45, 7) is 1.57. The number of aromatic nitrogens is 4. The number of nitrogens with one attached hydrogen (secondary N) is 1. The van der Waals surface area contributed by atoms with Crippen LogP contribution in [0.15, 0.2) is 53.3 Å². The summed E-state index contributed by atoms with van der Waals surface area (Å²) in [4.78, 5) is 24.2. The number of hydrogen-bond donors (Lipinski definition) is 1. The first-order valence-corrected chi connectivity index (χ1v) is 7.64. The lowest BCUT2D eigenvalue weighted by Crippen LogP contribution is -2.33. The summed E-state index contributed by atoms with van der Waals surface area (Å²) < 4.78 is 15.6. The van der Waals surface area contributed by atoms with E-state index in [-0.39, 0.29) is 18.9 Å². The molecule has 0 fully saturated rings. The number of amides is 1. The van der Waals surface area contributed by atoms with Gasteiger partial charge in [-0.3, -0.25) is 4.79 Å². The molecule has 3 rings (SSSR count). The molecule has 0 spiro atoms. The first-order chi connectivity index (χ1) is 12.0. The van der Waals surface area contributed by atoms with Gasteiger partial charge in [-0.25, -0.2) is 9.18 Å². The number of halogens is 1. The Balaban J connectivity index is 1.64. The number of carbonyl (C=O) groups is 1. The van der Waals surface area contributed by atoms with Crippen LogP contribution in [-0.4, -0.2) is 25.7 Å². The van der Waals surface area contributed by atoms with E-state index < -0.39 is 11.6 Å². The number of nitrogens with zero attached hydrogens (tertiary/aromatic N) is 4. The third kappa shape index (κ3) is 3.79. The molecule has 0 radical (unpaired) electrons. The predicted molar refractivity (Wildman–Crippen MR) is 88.6 cm³/mol. The summed E-state index contributed by atoms with van der Waals surface area (Å²) in [5, 5.41) is 10.1. The second kappa shape index (κ2) is 7.08. The highest BCUT2D eigenvalue weighted by Gasteiger charge is 2.12. The van der Waals surface area contributed by atoms with Gasteiger partial charge in [0.2, 0.25) is 5.91 Å². The van der Waals surface area contributed by atoms with Crippen LogP contribution in [0.25, 0.3) is 5.69 Å². The average Bonchev–Trinajstić information content (AvgIpc) is 2.97. The average molecular weight is 341 g/mol. The summed E-state index contributed by atoms with van der Waals surface area (Å²) in [5.41, 5.74) is 1.23. The van der Waals surface area contributed by atoms with Crippen molar-refractivity contribution in [3.8, 4) is 5.69 Å². The van der Waals surface area contributed by atoms with E-state index in [4.69, 9.17) is 0 Å². The van der Waals surface area contributed by atoms with Crippen LogP contribution in [0.4, 0.5) is 4.39 Å². The topological polar surface area (TPSA) is 81.8 Å². The van der Waals surface area contributed by atoms with Crippen molar-refractivity contribution in [3.63, 3.8) is 0 Å². The summed E-state index contributed by atoms with van der Waals surface area (Å²) in [6, 6.07) is 13.5. The van der Waals surface area contributed by atoms with Crippen molar-refractivity contribution < 1.29 is 9.18 Å². The molecule has 0 unspecified atom stereocenters. The summed E-state index contributed by atoms with van der Waals surface area (Å²) in [5.74, 6) is -0.739. The quantitative estimate of drug-likeness (QED) is 0.756. The molecule has 0 atom stereocenters. The molecule has 25 heavy (non-hydrogen) atoms. The molecule has 1 amide bonds. The van der Waals surface area contributed by atoms with Crippen molar-refractivity contribution in [1.82, 2.24) is 25.1 Å². The lowest BCUT2D eigenvalue weighted by molar-refractivity contribution is -0.122. The Morgan fingerprint density at radius 1 is 1.16 bits per heavy atom. The van der Waals surface area contributed by atoms with E-state index in [1.54, 1.807) is 43.3 Å². The zero-order valence-electron chi connectivity index (χ0n) is 13.5. The Labute approximate surface area is 142 Å². The van der Waals surface area contributed by atoms with Crippen LogP contribution in [0.1, 0.15) is 11.1 Å². The third-order valence-electron chi connectivity index (χ3n) is 3.66. The monoisotopic (exact) mass is 341 g/mol. The minimum Gasteiger partial charge on any atom is -0.350 e. The van der Waals surface area contributed by atoms with Crippen LogP contribution in [0.3, 0.4) is 0 Å².